The molecule has 144 valence electrons. The summed E-state index contributed by atoms with van der Waals surface area (Å²) in [6, 6.07) is 17.3. The van der Waals surface area contributed by atoms with Crippen LogP contribution in [0.1, 0.15) is 15.9 Å². The van der Waals surface area contributed by atoms with Crippen molar-refractivity contribution in [3.8, 4) is 5.69 Å². The van der Waals surface area contributed by atoms with Crippen LogP contribution >= 0.6 is 0 Å². The summed E-state index contributed by atoms with van der Waals surface area (Å²) >= 11 is -1.04. The van der Waals surface area contributed by atoms with Gasteiger partial charge in [-0.1, -0.05) is 23.8 Å². The van der Waals surface area contributed by atoms with Crippen molar-refractivity contribution in [2.75, 3.05) is 25.1 Å². The lowest BCUT2D eigenvalue weighted by atomic mass is 10.1. The Labute approximate surface area is 167 Å². The van der Waals surface area contributed by atoms with Gasteiger partial charge in [-0.3, -0.25) is 0 Å². The third-order valence-corrected chi connectivity index (χ3v) is 6.67. The highest BCUT2D eigenvalue weighted by Crippen LogP contribution is 2.34. The molecular formula is C22H22N2O3S. The summed E-state index contributed by atoms with van der Waals surface area (Å²) in [6.07, 6.45) is 3.82. The summed E-state index contributed by atoms with van der Waals surface area (Å²) in [5.74, 6) is -0.370. The van der Waals surface area contributed by atoms with E-state index in [2.05, 4.69) is 4.90 Å². The van der Waals surface area contributed by atoms with Crippen molar-refractivity contribution in [1.82, 2.24) is 4.57 Å². The van der Waals surface area contributed by atoms with Crippen LogP contribution in [-0.2, 0) is 15.9 Å². The highest BCUT2D eigenvalue weighted by molar-refractivity contribution is 7.92. The average Bonchev–Trinajstić information content (AvgIpc) is 3.21. The van der Waals surface area contributed by atoms with Crippen LogP contribution in [-0.4, -0.2) is 40.5 Å². The molecule has 1 saturated heterocycles. The fourth-order valence-corrected chi connectivity index (χ4v) is 4.87. The first kappa shape index (κ1) is 18.7. The molecule has 4 rings (SSSR count). The number of hydrogen-bond acceptors (Lipinski definition) is 4. The molecule has 0 aliphatic carbocycles. The first-order valence-corrected chi connectivity index (χ1v) is 10.4. The van der Waals surface area contributed by atoms with Gasteiger partial charge >= 0.3 is 5.97 Å². The molecule has 0 bridgehead atoms. The van der Waals surface area contributed by atoms with E-state index >= 15 is 0 Å². The number of benzene rings is 2. The van der Waals surface area contributed by atoms with Crippen LogP contribution in [0.25, 0.3) is 5.69 Å². The van der Waals surface area contributed by atoms with Crippen LogP contribution in [0, 0.1) is 6.92 Å². The SMILES string of the molecule is COC(=O)c1cccc(N2CC([S+]([O-])c3ccc(C)cc3)C2)c1-n1cccc1. The molecule has 1 aromatic heterocycles. The Morgan fingerprint density at radius 1 is 1.07 bits per heavy atom. The van der Waals surface area contributed by atoms with Crippen LogP contribution in [0.15, 0.2) is 71.9 Å². The number of nitrogens with zero attached hydrogens (tertiary/aromatic N) is 2. The van der Waals surface area contributed by atoms with Crippen molar-refractivity contribution < 1.29 is 14.1 Å². The number of methoxy groups -OCH3 is 1. The Morgan fingerprint density at radius 3 is 2.39 bits per heavy atom. The van der Waals surface area contributed by atoms with Crippen LogP contribution < -0.4 is 4.90 Å². The zero-order valence-electron chi connectivity index (χ0n) is 15.9. The number of carbonyl (C=O) groups is 1. The topological polar surface area (TPSA) is 57.5 Å². The summed E-state index contributed by atoms with van der Waals surface area (Å²) in [4.78, 5) is 15.3. The van der Waals surface area contributed by atoms with Gasteiger partial charge in [0.05, 0.1) is 37.1 Å². The number of para-hydroxylation sites is 1. The van der Waals surface area contributed by atoms with Gasteiger partial charge in [0.15, 0.2) is 10.1 Å². The Balaban J connectivity index is 1.59. The molecule has 3 aromatic rings. The third-order valence-electron chi connectivity index (χ3n) is 5.03. The Morgan fingerprint density at radius 2 is 1.75 bits per heavy atom. The van der Waals surface area contributed by atoms with Crippen LogP contribution in [0.2, 0.25) is 0 Å². The second-order valence-corrected chi connectivity index (χ2v) is 8.63. The predicted molar refractivity (Wildman–Crippen MR) is 111 cm³/mol. The number of aryl methyl sites for hydroxylation is 1. The summed E-state index contributed by atoms with van der Waals surface area (Å²) in [6.45, 7) is 3.38. The molecule has 1 fully saturated rings. The van der Waals surface area contributed by atoms with E-state index in [0.29, 0.717) is 18.7 Å². The fraction of sp³-hybridized carbons (Fsp3) is 0.227. The number of carbonyl (C=O) groups excluding carboxylic acids is 1. The number of aromatic nitrogens is 1. The molecule has 1 unspecified atom stereocenters. The van der Waals surface area contributed by atoms with Crippen molar-refractivity contribution in [2.45, 2.75) is 17.1 Å². The van der Waals surface area contributed by atoms with Gasteiger partial charge in [0, 0.05) is 12.4 Å². The molecule has 1 aliphatic heterocycles. The first-order chi connectivity index (χ1) is 13.6. The molecule has 1 atom stereocenters. The molecule has 5 nitrogen and oxygen atoms in total. The lowest BCUT2D eigenvalue weighted by Crippen LogP contribution is -2.55. The Bertz CT molecular complexity index is 964. The molecule has 6 heteroatoms. The summed E-state index contributed by atoms with van der Waals surface area (Å²) in [5, 5.41) is 0.0713. The lowest BCUT2D eigenvalue weighted by Gasteiger charge is -2.41. The number of hydrogen-bond donors (Lipinski definition) is 0. The molecule has 2 aromatic carbocycles. The fourth-order valence-electron chi connectivity index (χ4n) is 3.45. The van der Waals surface area contributed by atoms with Gasteiger partial charge in [0.1, 0.15) is 0 Å². The Hall–Kier alpha value is -2.70. The van der Waals surface area contributed by atoms with Gasteiger partial charge in [0.2, 0.25) is 0 Å². The molecule has 0 spiro atoms. The lowest BCUT2D eigenvalue weighted by molar-refractivity contribution is 0.0601. The molecule has 0 amide bonds. The molecule has 0 radical (unpaired) electrons. The van der Waals surface area contributed by atoms with Crippen LogP contribution in [0.4, 0.5) is 5.69 Å². The summed E-state index contributed by atoms with van der Waals surface area (Å²) < 4.78 is 19.7. The summed E-state index contributed by atoms with van der Waals surface area (Å²) in [5.41, 5.74) is 3.40. The third kappa shape index (κ3) is 3.41. The highest BCUT2D eigenvalue weighted by Gasteiger charge is 2.39. The van der Waals surface area contributed by atoms with Crippen LogP contribution in [0.3, 0.4) is 0 Å². The quantitative estimate of drug-likeness (QED) is 0.490. The molecule has 0 N–H and O–H groups in total. The maximum Gasteiger partial charge on any atom is 0.340 e. The zero-order chi connectivity index (χ0) is 19.7. The first-order valence-electron chi connectivity index (χ1n) is 9.15. The standard InChI is InChI=1S/C22H22N2O3S/c1-16-8-10-17(11-9-16)28(26)18-14-24(15-18)20-7-5-6-19(22(25)27-2)21(20)23-12-3-4-13-23/h3-13,18H,14-15H2,1-2H3. The van der Waals surface area contributed by atoms with Crippen LogP contribution in [0.5, 0.6) is 0 Å². The van der Waals surface area contributed by atoms with Gasteiger partial charge < -0.3 is 18.8 Å². The van der Waals surface area contributed by atoms with Gasteiger partial charge in [-0.25, -0.2) is 4.79 Å². The van der Waals surface area contributed by atoms with E-state index in [0.717, 1.165) is 21.8 Å². The molecular weight excluding hydrogens is 372 g/mol. The Kier molecular flexibility index (Phi) is 5.15. The van der Waals surface area contributed by atoms with Crippen molar-refractivity contribution >= 4 is 22.8 Å². The smallest absolute Gasteiger partial charge is 0.340 e. The number of esters is 1. The minimum atomic E-state index is -1.04. The second-order valence-electron chi connectivity index (χ2n) is 6.89. The van der Waals surface area contributed by atoms with Crippen molar-refractivity contribution in [2.24, 2.45) is 0 Å². The van der Waals surface area contributed by atoms with Gasteiger partial charge in [-0.05, 0) is 54.5 Å². The van der Waals surface area contributed by atoms with Crippen molar-refractivity contribution in [3.63, 3.8) is 0 Å². The van der Waals surface area contributed by atoms with E-state index in [1.54, 1.807) is 6.07 Å². The number of ether oxygens (including phenoxy) is 1. The predicted octanol–water partition coefficient (Wildman–Crippen LogP) is 3.57. The summed E-state index contributed by atoms with van der Waals surface area (Å²) in [7, 11) is 1.39. The van der Waals surface area contributed by atoms with Gasteiger partial charge in [-0.2, -0.15) is 0 Å². The molecule has 1 aliphatic rings. The van der Waals surface area contributed by atoms with Crippen molar-refractivity contribution in [1.29, 1.82) is 0 Å². The minimum Gasteiger partial charge on any atom is -0.611 e. The van der Waals surface area contributed by atoms with E-state index in [4.69, 9.17) is 4.74 Å². The zero-order valence-corrected chi connectivity index (χ0v) is 16.7. The second kappa shape index (κ2) is 7.73. The van der Waals surface area contributed by atoms with E-state index < -0.39 is 11.2 Å². The number of anilines is 1. The molecule has 28 heavy (non-hydrogen) atoms. The maximum absolute atomic E-state index is 12.9. The normalized spacial score (nSPS) is 15.2. The van der Waals surface area contributed by atoms with E-state index in [1.165, 1.54) is 7.11 Å². The van der Waals surface area contributed by atoms with Crippen molar-refractivity contribution in [3.05, 3.63) is 78.1 Å². The van der Waals surface area contributed by atoms with E-state index in [9.17, 15) is 9.35 Å². The minimum absolute atomic E-state index is 0.0713. The molecule has 0 saturated carbocycles. The van der Waals surface area contributed by atoms with E-state index in [1.807, 2.05) is 72.4 Å². The maximum atomic E-state index is 12.9. The number of rotatable bonds is 5. The van der Waals surface area contributed by atoms with Gasteiger partial charge in [0.25, 0.3) is 0 Å². The largest absolute Gasteiger partial charge is 0.611 e. The van der Waals surface area contributed by atoms with Gasteiger partial charge in [-0.15, -0.1) is 0 Å². The monoisotopic (exact) mass is 394 g/mol. The molecule has 2 heterocycles. The average molecular weight is 394 g/mol. The van der Waals surface area contributed by atoms with E-state index in [-0.39, 0.29) is 11.2 Å². The highest BCUT2D eigenvalue weighted by atomic mass is 32.2.